The van der Waals surface area contributed by atoms with E-state index in [-0.39, 0.29) is 0 Å². The van der Waals surface area contributed by atoms with Crippen molar-refractivity contribution in [1.82, 2.24) is 10.3 Å². The van der Waals surface area contributed by atoms with Gasteiger partial charge in [0, 0.05) is 11.6 Å². The van der Waals surface area contributed by atoms with Crippen LogP contribution in [0.15, 0.2) is 12.1 Å². The minimum Gasteiger partial charge on any atom is -0.390 e. The third-order valence-corrected chi connectivity index (χ3v) is 6.76. The Morgan fingerprint density at radius 2 is 2.04 bits per heavy atom. The number of rotatable bonds is 4. The molecule has 0 saturated heterocycles. The van der Waals surface area contributed by atoms with Gasteiger partial charge in [0.05, 0.1) is 11.3 Å². The van der Waals surface area contributed by atoms with Crippen LogP contribution in [-0.4, -0.2) is 26.7 Å². The fourth-order valence-corrected chi connectivity index (χ4v) is 6.04. The van der Waals surface area contributed by atoms with E-state index in [0.29, 0.717) is 28.9 Å². The Balaban J connectivity index is 1.53. The molecule has 4 fully saturated rings. The standard InChI is InChI=1S/C19H25ClN2OS/c1-2-3-15-14(4-5-16(20)21-15)18(24)22-17-12-6-11-7-13(17)10-19(23,8-11)9-12/h4-5,11-13,17,23H,2-3,6-10H2,1H3,(H,22,24). The smallest absolute Gasteiger partial charge is 0.129 e. The van der Waals surface area contributed by atoms with Gasteiger partial charge in [0.25, 0.3) is 0 Å². The summed E-state index contributed by atoms with van der Waals surface area (Å²) < 4.78 is 0. The zero-order valence-electron chi connectivity index (χ0n) is 14.1. The van der Waals surface area contributed by atoms with Crippen molar-refractivity contribution in [3.05, 3.63) is 28.5 Å². The van der Waals surface area contributed by atoms with Gasteiger partial charge in [-0.15, -0.1) is 0 Å². The van der Waals surface area contributed by atoms with Crippen molar-refractivity contribution in [3.63, 3.8) is 0 Å². The van der Waals surface area contributed by atoms with Crippen molar-refractivity contribution in [3.8, 4) is 0 Å². The molecular weight excluding hydrogens is 340 g/mol. The molecule has 3 nitrogen and oxygen atoms in total. The highest BCUT2D eigenvalue weighted by Crippen LogP contribution is 2.55. The second-order valence-corrected chi connectivity index (χ2v) is 8.87. The summed E-state index contributed by atoms with van der Waals surface area (Å²) in [4.78, 5) is 5.28. The number of aliphatic hydroxyl groups is 1. The molecule has 24 heavy (non-hydrogen) atoms. The van der Waals surface area contributed by atoms with E-state index in [4.69, 9.17) is 23.8 Å². The highest BCUT2D eigenvalue weighted by atomic mass is 35.5. The Morgan fingerprint density at radius 3 is 2.67 bits per heavy atom. The SMILES string of the molecule is CCCc1nc(Cl)ccc1C(=S)NC1C2CC3CC1CC(O)(C3)C2. The van der Waals surface area contributed by atoms with E-state index < -0.39 is 5.60 Å². The van der Waals surface area contributed by atoms with Gasteiger partial charge in [-0.25, -0.2) is 4.98 Å². The third-order valence-electron chi connectivity index (χ3n) is 6.21. The summed E-state index contributed by atoms with van der Waals surface area (Å²) in [6, 6.07) is 4.22. The van der Waals surface area contributed by atoms with Gasteiger partial charge < -0.3 is 10.4 Å². The van der Waals surface area contributed by atoms with E-state index in [1.165, 1.54) is 12.8 Å². The molecule has 1 aromatic rings. The average molecular weight is 365 g/mol. The molecule has 4 saturated carbocycles. The van der Waals surface area contributed by atoms with Crippen molar-refractivity contribution in [2.24, 2.45) is 17.8 Å². The molecule has 0 amide bonds. The number of aryl methyl sites for hydroxylation is 1. The zero-order chi connectivity index (χ0) is 16.9. The molecule has 5 rings (SSSR count). The number of pyridine rings is 1. The van der Waals surface area contributed by atoms with Gasteiger partial charge in [0.2, 0.25) is 0 Å². The molecule has 0 spiro atoms. The number of nitrogens with zero attached hydrogens (tertiary/aromatic N) is 1. The Labute approximate surface area is 154 Å². The molecule has 0 radical (unpaired) electrons. The van der Waals surface area contributed by atoms with Crippen molar-refractivity contribution in [2.75, 3.05) is 0 Å². The quantitative estimate of drug-likeness (QED) is 0.628. The minimum absolute atomic E-state index is 0.397. The maximum absolute atomic E-state index is 10.7. The summed E-state index contributed by atoms with van der Waals surface area (Å²) in [6.45, 7) is 2.14. The van der Waals surface area contributed by atoms with Gasteiger partial charge in [0.15, 0.2) is 0 Å². The van der Waals surface area contributed by atoms with Crippen LogP contribution in [0, 0.1) is 17.8 Å². The Bertz CT molecular complexity index is 649. The number of thiocarbonyl (C=S) groups is 1. The Kier molecular flexibility index (Phi) is 4.34. The number of nitrogens with one attached hydrogen (secondary N) is 1. The lowest BCUT2D eigenvalue weighted by molar-refractivity contribution is -0.135. The number of aromatic nitrogens is 1. The van der Waals surface area contributed by atoms with Crippen LogP contribution < -0.4 is 5.32 Å². The molecule has 4 aliphatic carbocycles. The number of halogens is 1. The van der Waals surface area contributed by atoms with E-state index in [0.717, 1.165) is 48.3 Å². The lowest BCUT2D eigenvalue weighted by atomic mass is 9.52. The van der Waals surface area contributed by atoms with Gasteiger partial charge in [0.1, 0.15) is 10.1 Å². The minimum atomic E-state index is -0.397. The predicted molar refractivity (Wildman–Crippen MR) is 100 cm³/mol. The molecule has 0 aromatic carbocycles. The van der Waals surface area contributed by atoms with Crippen LogP contribution in [0.1, 0.15) is 56.7 Å². The summed E-state index contributed by atoms with van der Waals surface area (Å²) in [5, 5.41) is 14.9. The second-order valence-electron chi connectivity index (χ2n) is 8.07. The van der Waals surface area contributed by atoms with Gasteiger partial charge in [-0.3, -0.25) is 0 Å². The fraction of sp³-hybridized carbons (Fsp3) is 0.684. The third kappa shape index (κ3) is 2.97. The van der Waals surface area contributed by atoms with Crippen LogP contribution in [0.2, 0.25) is 5.15 Å². The zero-order valence-corrected chi connectivity index (χ0v) is 15.7. The lowest BCUT2D eigenvalue weighted by Gasteiger charge is -2.58. The van der Waals surface area contributed by atoms with E-state index in [1.54, 1.807) is 0 Å². The molecule has 4 bridgehead atoms. The van der Waals surface area contributed by atoms with Gasteiger partial charge >= 0.3 is 0 Å². The molecule has 2 unspecified atom stereocenters. The van der Waals surface area contributed by atoms with Crippen LogP contribution in [0.25, 0.3) is 0 Å². The topological polar surface area (TPSA) is 45.2 Å². The first-order valence-electron chi connectivity index (χ1n) is 9.16. The average Bonchev–Trinajstić information content (AvgIpc) is 2.49. The summed E-state index contributed by atoms with van der Waals surface area (Å²) in [7, 11) is 0. The molecule has 0 aliphatic heterocycles. The highest BCUT2D eigenvalue weighted by molar-refractivity contribution is 7.80. The van der Waals surface area contributed by atoms with E-state index in [2.05, 4.69) is 17.2 Å². The summed E-state index contributed by atoms with van der Waals surface area (Å²) >= 11 is 11.8. The maximum atomic E-state index is 10.7. The van der Waals surface area contributed by atoms with Crippen LogP contribution in [-0.2, 0) is 6.42 Å². The number of hydrogen-bond acceptors (Lipinski definition) is 3. The summed E-state index contributed by atoms with van der Waals surface area (Å²) in [5.41, 5.74) is 1.61. The van der Waals surface area contributed by atoms with Gasteiger partial charge in [-0.1, -0.05) is 37.2 Å². The highest BCUT2D eigenvalue weighted by Gasteiger charge is 2.54. The first kappa shape index (κ1) is 16.7. The van der Waals surface area contributed by atoms with Crippen LogP contribution >= 0.6 is 23.8 Å². The van der Waals surface area contributed by atoms with Gasteiger partial charge in [-0.2, -0.15) is 0 Å². The van der Waals surface area contributed by atoms with E-state index in [1.807, 2.05) is 12.1 Å². The molecule has 5 heteroatoms. The monoisotopic (exact) mass is 364 g/mol. The second kappa shape index (κ2) is 6.22. The van der Waals surface area contributed by atoms with E-state index >= 15 is 0 Å². The lowest BCUT2D eigenvalue weighted by Crippen LogP contribution is -2.61. The Morgan fingerprint density at radius 1 is 1.33 bits per heavy atom. The molecule has 4 aliphatic rings. The summed E-state index contributed by atoms with van der Waals surface area (Å²) in [6.07, 6.45) is 7.25. The van der Waals surface area contributed by atoms with E-state index in [9.17, 15) is 5.11 Å². The molecule has 2 N–H and O–H groups in total. The van der Waals surface area contributed by atoms with Crippen LogP contribution in [0.3, 0.4) is 0 Å². The molecule has 1 heterocycles. The molecule has 2 atom stereocenters. The predicted octanol–water partition coefficient (Wildman–Crippen LogP) is 3.89. The maximum Gasteiger partial charge on any atom is 0.129 e. The van der Waals surface area contributed by atoms with Crippen LogP contribution in [0.5, 0.6) is 0 Å². The van der Waals surface area contributed by atoms with Crippen molar-refractivity contribution >= 4 is 28.8 Å². The first-order valence-corrected chi connectivity index (χ1v) is 9.95. The number of hydrogen-bond donors (Lipinski definition) is 2. The van der Waals surface area contributed by atoms with Crippen LogP contribution in [0.4, 0.5) is 0 Å². The van der Waals surface area contributed by atoms with Gasteiger partial charge in [-0.05, 0) is 68.4 Å². The Hall–Kier alpha value is -0.710. The largest absolute Gasteiger partial charge is 0.390 e. The fourth-order valence-electron chi connectivity index (χ4n) is 5.56. The molecule has 1 aromatic heterocycles. The molecular formula is C19H25ClN2OS. The van der Waals surface area contributed by atoms with Crippen molar-refractivity contribution in [2.45, 2.75) is 63.5 Å². The summed E-state index contributed by atoms with van der Waals surface area (Å²) in [5.74, 6) is 1.81. The first-order chi connectivity index (χ1) is 11.5. The normalized spacial score (nSPS) is 36.8. The van der Waals surface area contributed by atoms with Crippen molar-refractivity contribution in [1.29, 1.82) is 0 Å². The molecule has 130 valence electrons. The van der Waals surface area contributed by atoms with Crippen molar-refractivity contribution < 1.29 is 5.11 Å².